The first-order valence-electron chi connectivity index (χ1n) is 6.38. The van der Waals surface area contributed by atoms with Crippen molar-refractivity contribution < 1.29 is 24.2 Å². The fourth-order valence-corrected chi connectivity index (χ4v) is 1.56. The molecule has 0 aliphatic carbocycles. The third-order valence-electron chi connectivity index (χ3n) is 2.60. The van der Waals surface area contributed by atoms with E-state index in [4.69, 9.17) is 9.84 Å². The van der Waals surface area contributed by atoms with E-state index >= 15 is 0 Å². The SMILES string of the molecule is Cc1ccc(OCC(=O)NNC(=O)CCC(=O)O)c(C)c1. The number of nitrogens with one attached hydrogen (secondary N) is 2. The summed E-state index contributed by atoms with van der Waals surface area (Å²) in [6, 6.07) is 5.57. The Balaban J connectivity index is 2.31. The molecule has 0 spiro atoms. The molecule has 1 aromatic carbocycles. The number of carboxylic acid groups (broad SMARTS) is 1. The number of carboxylic acids is 1. The van der Waals surface area contributed by atoms with Crippen molar-refractivity contribution in [2.75, 3.05) is 6.61 Å². The molecule has 1 rings (SSSR count). The first-order valence-corrected chi connectivity index (χ1v) is 6.38. The van der Waals surface area contributed by atoms with Crippen LogP contribution in [0.15, 0.2) is 18.2 Å². The first-order chi connectivity index (χ1) is 9.88. The van der Waals surface area contributed by atoms with Gasteiger partial charge in [-0.25, -0.2) is 0 Å². The Morgan fingerprint density at radius 3 is 2.38 bits per heavy atom. The first kappa shape index (κ1) is 16.5. The van der Waals surface area contributed by atoms with Crippen LogP contribution in [-0.4, -0.2) is 29.5 Å². The van der Waals surface area contributed by atoms with Crippen molar-refractivity contribution in [1.82, 2.24) is 10.9 Å². The van der Waals surface area contributed by atoms with E-state index in [1.165, 1.54) is 0 Å². The third-order valence-corrected chi connectivity index (χ3v) is 2.60. The van der Waals surface area contributed by atoms with Gasteiger partial charge in [-0.15, -0.1) is 0 Å². The number of hydrogen-bond donors (Lipinski definition) is 3. The highest BCUT2D eigenvalue weighted by Gasteiger charge is 2.08. The maximum atomic E-state index is 11.5. The Morgan fingerprint density at radius 2 is 1.76 bits per heavy atom. The highest BCUT2D eigenvalue weighted by molar-refractivity contribution is 5.84. The fraction of sp³-hybridized carbons (Fsp3) is 0.357. The predicted octanol–water partition coefficient (Wildman–Crippen LogP) is 0.694. The maximum absolute atomic E-state index is 11.5. The molecule has 7 heteroatoms. The minimum atomic E-state index is -1.07. The average molecular weight is 294 g/mol. The quantitative estimate of drug-likeness (QED) is 0.670. The number of aryl methyl sites for hydroxylation is 2. The van der Waals surface area contributed by atoms with Crippen LogP contribution in [0.5, 0.6) is 5.75 Å². The Bertz CT molecular complexity index is 542. The Kier molecular flexibility index (Phi) is 6.19. The number of hydrogen-bond acceptors (Lipinski definition) is 4. The van der Waals surface area contributed by atoms with Crippen LogP contribution >= 0.6 is 0 Å². The minimum absolute atomic E-state index is 0.201. The van der Waals surface area contributed by atoms with Crippen molar-refractivity contribution in [1.29, 1.82) is 0 Å². The van der Waals surface area contributed by atoms with Gasteiger partial charge in [0.2, 0.25) is 5.91 Å². The summed E-state index contributed by atoms with van der Waals surface area (Å²) in [5, 5.41) is 8.41. The summed E-state index contributed by atoms with van der Waals surface area (Å²) in [6.45, 7) is 3.58. The Hall–Kier alpha value is -2.57. The second kappa shape index (κ2) is 7.88. The molecule has 7 nitrogen and oxygen atoms in total. The Morgan fingerprint density at radius 1 is 1.10 bits per heavy atom. The molecule has 0 fully saturated rings. The summed E-state index contributed by atoms with van der Waals surface area (Å²) >= 11 is 0. The zero-order chi connectivity index (χ0) is 15.8. The summed E-state index contributed by atoms with van der Waals surface area (Å²) in [5.41, 5.74) is 6.27. The lowest BCUT2D eigenvalue weighted by molar-refractivity contribution is -0.139. The molecular formula is C14H18N2O5. The summed E-state index contributed by atoms with van der Waals surface area (Å²) in [4.78, 5) is 32.9. The van der Waals surface area contributed by atoms with Gasteiger partial charge in [0.15, 0.2) is 6.61 Å². The second-order valence-corrected chi connectivity index (χ2v) is 4.55. The lowest BCUT2D eigenvalue weighted by Gasteiger charge is -2.10. The third kappa shape index (κ3) is 6.42. The molecule has 3 N–H and O–H groups in total. The zero-order valence-electron chi connectivity index (χ0n) is 11.9. The highest BCUT2D eigenvalue weighted by Crippen LogP contribution is 2.18. The number of carbonyl (C=O) groups excluding carboxylic acids is 2. The molecule has 2 amide bonds. The summed E-state index contributed by atoms with van der Waals surface area (Å²) < 4.78 is 5.33. The molecule has 0 atom stereocenters. The van der Waals surface area contributed by atoms with E-state index in [0.29, 0.717) is 5.75 Å². The molecule has 0 bridgehead atoms. The number of aliphatic carboxylic acids is 1. The predicted molar refractivity (Wildman–Crippen MR) is 74.6 cm³/mol. The van der Waals surface area contributed by atoms with Crippen LogP contribution in [0.1, 0.15) is 24.0 Å². The van der Waals surface area contributed by atoms with Crippen LogP contribution < -0.4 is 15.6 Å². The van der Waals surface area contributed by atoms with Crippen molar-refractivity contribution >= 4 is 17.8 Å². The summed E-state index contributed by atoms with van der Waals surface area (Å²) in [5.74, 6) is -1.58. The van der Waals surface area contributed by atoms with Crippen molar-refractivity contribution in [3.8, 4) is 5.75 Å². The van der Waals surface area contributed by atoms with Gasteiger partial charge in [0.1, 0.15) is 5.75 Å². The number of rotatable bonds is 6. The molecule has 0 heterocycles. The molecule has 0 saturated heterocycles. The van der Waals surface area contributed by atoms with Gasteiger partial charge in [0, 0.05) is 6.42 Å². The maximum Gasteiger partial charge on any atom is 0.303 e. The summed E-state index contributed by atoms with van der Waals surface area (Å²) in [7, 11) is 0. The topological polar surface area (TPSA) is 105 Å². The van der Waals surface area contributed by atoms with Crippen LogP contribution in [0.3, 0.4) is 0 Å². The van der Waals surface area contributed by atoms with Crippen LogP contribution in [0, 0.1) is 13.8 Å². The van der Waals surface area contributed by atoms with Gasteiger partial charge in [-0.1, -0.05) is 17.7 Å². The largest absolute Gasteiger partial charge is 0.483 e. The van der Waals surface area contributed by atoms with Crippen molar-refractivity contribution in [3.05, 3.63) is 29.3 Å². The van der Waals surface area contributed by atoms with E-state index in [0.717, 1.165) is 11.1 Å². The number of carbonyl (C=O) groups is 3. The number of hydrazine groups is 1. The van der Waals surface area contributed by atoms with Gasteiger partial charge >= 0.3 is 5.97 Å². The molecule has 21 heavy (non-hydrogen) atoms. The van der Waals surface area contributed by atoms with Crippen LogP contribution in [0.25, 0.3) is 0 Å². The van der Waals surface area contributed by atoms with Gasteiger partial charge in [-0.3, -0.25) is 25.2 Å². The molecular weight excluding hydrogens is 276 g/mol. The average Bonchev–Trinajstić information content (AvgIpc) is 2.41. The van der Waals surface area contributed by atoms with E-state index in [9.17, 15) is 14.4 Å². The monoisotopic (exact) mass is 294 g/mol. The Labute approximate surface area is 122 Å². The van der Waals surface area contributed by atoms with Crippen LogP contribution in [-0.2, 0) is 14.4 Å². The smallest absolute Gasteiger partial charge is 0.303 e. The molecule has 114 valence electrons. The number of benzene rings is 1. The van der Waals surface area contributed by atoms with Crippen LogP contribution in [0.4, 0.5) is 0 Å². The van der Waals surface area contributed by atoms with Gasteiger partial charge in [-0.05, 0) is 25.5 Å². The molecule has 0 aromatic heterocycles. The van der Waals surface area contributed by atoms with Gasteiger partial charge in [0.25, 0.3) is 5.91 Å². The second-order valence-electron chi connectivity index (χ2n) is 4.55. The lowest BCUT2D eigenvalue weighted by atomic mass is 10.1. The van der Waals surface area contributed by atoms with E-state index < -0.39 is 17.8 Å². The zero-order valence-corrected chi connectivity index (χ0v) is 11.9. The normalized spacial score (nSPS) is 9.81. The molecule has 0 saturated carbocycles. The highest BCUT2D eigenvalue weighted by atomic mass is 16.5. The van der Waals surface area contributed by atoms with Gasteiger partial charge < -0.3 is 9.84 Å². The minimum Gasteiger partial charge on any atom is -0.483 e. The van der Waals surface area contributed by atoms with E-state index in [-0.39, 0.29) is 19.4 Å². The molecule has 0 radical (unpaired) electrons. The molecule has 0 unspecified atom stereocenters. The van der Waals surface area contributed by atoms with Crippen molar-refractivity contribution in [2.24, 2.45) is 0 Å². The van der Waals surface area contributed by atoms with Gasteiger partial charge in [-0.2, -0.15) is 0 Å². The number of amides is 2. The fourth-order valence-electron chi connectivity index (χ4n) is 1.56. The standard InChI is InChI=1S/C14H18N2O5/c1-9-3-4-11(10(2)7-9)21-8-13(18)16-15-12(17)5-6-14(19)20/h3-4,7H,5-6,8H2,1-2H3,(H,15,17)(H,16,18)(H,19,20). The molecule has 1 aromatic rings. The van der Waals surface area contributed by atoms with E-state index in [1.54, 1.807) is 6.07 Å². The van der Waals surface area contributed by atoms with Gasteiger partial charge in [0.05, 0.1) is 6.42 Å². The van der Waals surface area contributed by atoms with E-state index in [2.05, 4.69) is 10.9 Å². The number of ether oxygens (including phenoxy) is 1. The molecule has 0 aliphatic heterocycles. The van der Waals surface area contributed by atoms with Crippen LogP contribution in [0.2, 0.25) is 0 Å². The van der Waals surface area contributed by atoms with Crippen molar-refractivity contribution in [3.63, 3.8) is 0 Å². The molecule has 0 aliphatic rings. The lowest BCUT2D eigenvalue weighted by Crippen LogP contribution is -2.43. The summed E-state index contributed by atoms with van der Waals surface area (Å²) in [6.07, 6.45) is -0.492. The van der Waals surface area contributed by atoms with Crippen molar-refractivity contribution in [2.45, 2.75) is 26.7 Å². The van der Waals surface area contributed by atoms with E-state index in [1.807, 2.05) is 26.0 Å².